The molecule has 0 atom stereocenters. The second-order valence-corrected chi connectivity index (χ2v) is 8.52. The van der Waals surface area contributed by atoms with Gasteiger partial charge >= 0.3 is 0 Å². The van der Waals surface area contributed by atoms with Gasteiger partial charge in [-0.2, -0.15) is 4.31 Å². The third kappa shape index (κ3) is 5.31. The summed E-state index contributed by atoms with van der Waals surface area (Å²) in [7, 11) is -3.97. The molecule has 3 rings (SSSR count). The van der Waals surface area contributed by atoms with Gasteiger partial charge in [0.15, 0.2) is 0 Å². The van der Waals surface area contributed by atoms with Crippen molar-refractivity contribution in [3.05, 3.63) is 54.3 Å². The molecular weight excluding hydrogens is 397 g/mol. The molecule has 156 valence electrons. The van der Waals surface area contributed by atoms with Crippen molar-refractivity contribution in [3.8, 4) is 0 Å². The van der Waals surface area contributed by atoms with Crippen LogP contribution in [0.1, 0.15) is 6.92 Å². The summed E-state index contributed by atoms with van der Waals surface area (Å²) in [5.74, 6) is -1.11. The van der Waals surface area contributed by atoms with Crippen LogP contribution in [-0.2, 0) is 19.6 Å². The molecule has 0 aromatic heterocycles. The first kappa shape index (κ1) is 21.2. The number of amides is 1. The Kier molecular flexibility index (Phi) is 6.83. The van der Waals surface area contributed by atoms with Gasteiger partial charge in [0, 0.05) is 31.0 Å². The van der Waals surface area contributed by atoms with Crippen LogP contribution >= 0.6 is 0 Å². The van der Waals surface area contributed by atoms with Gasteiger partial charge in [-0.1, -0.05) is 13.0 Å². The lowest BCUT2D eigenvalue weighted by Gasteiger charge is -2.29. The highest BCUT2D eigenvalue weighted by atomic mass is 32.2. The van der Waals surface area contributed by atoms with Crippen LogP contribution in [0.25, 0.3) is 0 Å². The van der Waals surface area contributed by atoms with Crippen LogP contribution in [0.3, 0.4) is 0 Å². The van der Waals surface area contributed by atoms with Gasteiger partial charge in [-0.05, 0) is 42.5 Å². The highest BCUT2D eigenvalue weighted by Gasteiger charge is 2.25. The highest BCUT2D eigenvalue weighted by Crippen LogP contribution is 2.20. The molecule has 0 unspecified atom stereocenters. The standard InChI is InChI=1S/C20H24FN3O4S/c1-2-24(29(26,27)19-5-3-4-16(21)14-19)15-20(25)22-17-6-8-18(9-7-17)23-10-12-28-13-11-23/h3-9,14H,2,10-13,15H2,1H3,(H,22,25). The summed E-state index contributed by atoms with van der Waals surface area (Å²) in [4.78, 5) is 14.4. The first-order chi connectivity index (χ1) is 13.9. The predicted molar refractivity (Wildman–Crippen MR) is 109 cm³/mol. The van der Waals surface area contributed by atoms with E-state index in [1.165, 1.54) is 18.2 Å². The Balaban J connectivity index is 1.64. The lowest BCUT2D eigenvalue weighted by Crippen LogP contribution is -2.38. The number of carbonyl (C=O) groups excluding carboxylic acids is 1. The summed E-state index contributed by atoms with van der Waals surface area (Å²) >= 11 is 0. The molecular formula is C20H24FN3O4S. The van der Waals surface area contributed by atoms with Gasteiger partial charge in [-0.3, -0.25) is 4.79 Å². The summed E-state index contributed by atoms with van der Waals surface area (Å²) < 4.78 is 45.1. The molecule has 1 saturated heterocycles. The normalized spacial score (nSPS) is 14.8. The topological polar surface area (TPSA) is 79.0 Å². The molecule has 1 N–H and O–H groups in total. The number of carbonyl (C=O) groups is 1. The molecule has 1 amide bonds. The fourth-order valence-electron chi connectivity index (χ4n) is 3.08. The predicted octanol–water partition coefficient (Wildman–Crippen LogP) is 2.31. The summed E-state index contributed by atoms with van der Waals surface area (Å²) in [6.45, 7) is 4.35. The van der Waals surface area contributed by atoms with Crippen LogP contribution in [-0.4, -0.2) is 58.0 Å². The summed E-state index contributed by atoms with van der Waals surface area (Å²) in [5, 5.41) is 2.71. The van der Waals surface area contributed by atoms with E-state index in [9.17, 15) is 17.6 Å². The van der Waals surface area contributed by atoms with Crippen molar-refractivity contribution in [1.82, 2.24) is 4.31 Å². The van der Waals surface area contributed by atoms with E-state index in [1.54, 1.807) is 19.1 Å². The zero-order valence-corrected chi connectivity index (χ0v) is 17.0. The molecule has 0 radical (unpaired) electrons. The number of hydrogen-bond acceptors (Lipinski definition) is 5. The maximum atomic E-state index is 13.4. The van der Waals surface area contributed by atoms with Crippen molar-refractivity contribution in [2.75, 3.05) is 49.6 Å². The smallest absolute Gasteiger partial charge is 0.243 e. The maximum Gasteiger partial charge on any atom is 0.243 e. The quantitative estimate of drug-likeness (QED) is 0.742. The third-order valence-electron chi connectivity index (χ3n) is 4.63. The minimum atomic E-state index is -3.97. The Morgan fingerprint density at radius 1 is 1.17 bits per heavy atom. The Bertz CT molecular complexity index is 944. The van der Waals surface area contributed by atoms with Gasteiger partial charge in [0.2, 0.25) is 15.9 Å². The number of likely N-dealkylation sites (N-methyl/N-ethyl adjacent to an activating group) is 1. The number of anilines is 2. The molecule has 2 aromatic carbocycles. The van der Waals surface area contributed by atoms with Gasteiger partial charge in [-0.25, -0.2) is 12.8 Å². The van der Waals surface area contributed by atoms with Gasteiger partial charge in [0.05, 0.1) is 24.7 Å². The van der Waals surface area contributed by atoms with E-state index in [0.717, 1.165) is 29.1 Å². The lowest BCUT2D eigenvalue weighted by molar-refractivity contribution is -0.116. The number of halogens is 1. The molecule has 9 heteroatoms. The molecule has 1 heterocycles. The van der Waals surface area contributed by atoms with Crippen LogP contribution in [0.2, 0.25) is 0 Å². The SMILES string of the molecule is CCN(CC(=O)Nc1ccc(N2CCOCC2)cc1)S(=O)(=O)c1cccc(F)c1. The molecule has 2 aromatic rings. The van der Waals surface area contributed by atoms with Gasteiger partial charge < -0.3 is 15.0 Å². The van der Waals surface area contributed by atoms with E-state index in [0.29, 0.717) is 18.9 Å². The van der Waals surface area contributed by atoms with E-state index in [2.05, 4.69) is 10.2 Å². The molecule has 1 aliphatic rings. The number of ether oxygens (including phenoxy) is 1. The molecule has 29 heavy (non-hydrogen) atoms. The molecule has 0 aliphatic carbocycles. The number of nitrogens with one attached hydrogen (secondary N) is 1. The number of benzene rings is 2. The number of morpholine rings is 1. The highest BCUT2D eigenvalue weighted by molar-refractivity contribution is 7.89. The second kappa shape index (κ2) is 9.34. The second-order valence-electron chi connectivity index (χ2n) is 6.58. The van der Waals surface area contributed by atoms with E-state index < -0.39 is 21.7 Å². The Morgan fingerprint density at radius 3 is 2.48 bits per heavy atom. The van der Waals surface area contributed by atoms with Crippen LogP contribution in [0.4, 0.5) is 15.8 Å². The number of rotatable bonds is 7. The molecule has 0 saturated carbocycles. The zero-order chi connectivity index (χ0) is 20.9. The molecule has 1 aliphatic heterocycles. The van der Waals surface area contributed by atoms with E-state index in [4.69, 9.17) is 4.74 Å². The maximum absolute atomic E-state index is 13.4. The minimum Gasteiger partial charge on any atom is -0.378 e. The van der Waals surface area contributed by atoms with Crippen molar-refractivity contribution < 1.29 is 22.3 Å². The van der Waals surface area contributed by atoms with E-state index in [1.807, 2.05) is 12.1 Å². The Hall–Kier alpha value is -2.49. The fourth-order valence-corrected chi connectivity index (χ4v) is 4.52. The van der Waals surface area contributed by atoms with Crippen molar-refractivity contribution in [1.29, 1.82) is 0 Å². The van der Waals surface area contributed by atoms with Gasteiger partial charge in [-0.15, -0.1) is 0 Å². The van der Waals surface area contributed by atoms with Gasteiger partial charge in [0.25, 0.3) is 0 Å². The van der Waals surface area contributed by atoms with Crippen LogP contribution in [0.5, 0.6) is 0 Å². The van der Waals surface area contributed by atoms with Crippen molar-refractivity contribution in [2.45, 2.75) is 11.8 Å². The van der Waals surface area contributed by atoms with Crippen molar-refractivity contribution >= 4 is 27.3 Å². The first-order valence-electron chi connectivity index (χ1n) is 9.38. The Morgan fingerprint density at radius 2 is 1.86 bits per heavy atom. The van der Waals surface area contributed by atoms with Crippen LogP contribution < -0.4 is 10.2 Å². The average Bonchev–Trinajstić information content (AvgIpc) is 2.73. The average molecular weight is 421 g/mol. The van der Waals surface area contributed by atoms with E-state index in [-0.39, 0.29) is 18.0 Å². The summed E-state index contributed by atoms with van der Waals surface area (Å²) in [5.41, 5.74) is 1.61. The molecule has 0 spiro atoms. The Labute approximate surface area is 170 Å². The first-order valence-corrected chi connectivity index (χ1v) is 10.8. The number of sulfonamides is 1. The van der Waals surface area contributed by atoms with Crippen molar-refractivity contribution in [2.24, 2.45) is 0 Å². The third-order valence-corrected chi connectivity index (χ3v) is 6.55. The zero-order valence-electron chi connectivity index (χ0n) is 16.2. The number of hydrogen-bond donors (Lipinski definition) is 1. The monoisotopic (exact) mass is 421 g/mol. The van der Waals surface area contributed by atoms with E-state index >= 15 is 0 Å². The van der Waals surface area contributed by atoms with Gasteiger partial charge in [0.1, 0.15) is 5.82 Å². The molecule has 1 fully saturated rings. The minimum absolute atomic E-state index is 0.0856. The molecule has 7 nitrogen and oxygen atoms in total. The largest absolute Gasteiger partial charge is 0.378 e. The summed E-state index contributed by atoms with van der Waals surface area (Å²) in [6, 6.07) is 12.1. The van der Waals surface area contributed by atoms with Crippen molar-refractivity contribution in [3.63, 3.8) is 0 Å². The van der Waals surface area contributed by atoms with Crippen LogP contribution in [0.15, 0.2) is 53.4 Å². The number of nitrogens with zero attached hydrogens (tertiary/aromatic N) is 2. The fraction of sp³-hybridized carbons (Fsp3) is 0.350. The lowest BCUT2D eigenvalue weighted by atomic mass is 10.2. The molecule has 0 bridgehead atoms. The van der Waals surface area contributed by atoms with Crippen LogP contribution in [0, 0.1) is 5.82 Å². The summed E-state index contributed by atoms with van der Waals surface area (Å²) in [6.07, 6.45) is 0.